The first kappa shape index (κ1) is 17.6. The molecule has 134 valence electrons. The summed E-state index contributed by atoms with van der Waals surface area (Å²) in [5.74, 6) is 0.142. The molecule has 2 aromatic rings. The number of carbonyl (C=O) groups is 1. The predicted octanol–water partition coefficient (Wildman–Crippen LogP) is 1.55. The fourth-order valence-corrected chi connectivity index (χ4v) is 3.09. The van der Waals surface area contributed by atoms with Crippen molar-refractivity contribution in [1.29, 1.82) is 0 Å². The maximum atomic E-state index is 12.6. The van der Waals surface area contributed by atoms with Crippen LogP contribution in [0, 0.1) is 6.92 Å². The van der Waals surface area contributed by atoms with Crippen molar-refractivity contribution in [2.24, 2.45) is 0 Å². The Balaban J connectivity index is 1.50. The van der Waals surface area contributed by atoms with Crippen molar-refractivity contribution in [3.63, 3.8) is 0 Å². The van der Waals surface area contributed by atoms with Crippen LogP contribution in [0.1, 0.15) is 11.1 Å². The third-order valence-electron chi connectivity index (χ3n) is 4.63. The van der Waals surface area contributed by atoms with Gasteiger partial charge in [0.05, 0.1) is 25.8 Å². The minimum Gasteiger partial charge on any atom is -0.374 e. The largest absolute Gasteiger partial charge is 0.374 e. The third-order valence-corrected chi connectivity index (χ3v) is 4.63. The Morgan fingerprint density at radius 2 is 2.20 bits per heavy atom. The summed E-state index contributed by atoms with van der Waals surface area (Å²) >= 11 is 0. The fourth-order valence-electron chi connectivity index (χ4n) is 3.09. The zero-order valence-corrected chi connectivity index (χ0v) is 15.0. The molecule has 0 bridgehead atoms. The molecule has 1 amide bonds. The van der Waals surface area contributed by atoms with Crippen LogP contribution in [-0.4, -0.2) is 64.9 Å². The van der Waals surface area contributed by atoms with Crippen LogP contribution in [0.4, 0.5) is 0 Å². The molecule has 3 rings (SSSR count). The third kappa shape index (κ3) is 4.90. The Bertz CT molecular complexity index is 686. The quantitative estimate of drug-likeness (QED) is 0.799. The summed E-state index contributed by atoms with van der Waals surface area (Å²) in [6.45, 7) is 6.07. The van der Waals surface area contributed by atoms with Crippen molar-refractivity contribution in [1.82, 2.24) is 19.6 Å². The topological polar surface area (TPSA) is 50.6 Å². The number of carbonyl (C=O) groups excluding carboxylic acids is 1. The van der Waals surface area contributed by atoms with Crippen molar-refractivity contribution in [3.05, 3.63) is 53.9 Å². The number of aromatic nitrogens is 2. The van der Waals surface area contributed by atoms with Crippen LogP contribution in [0.2, 0.25) is 0 Å². The monoisotopic (exact) mass is 342 g/mol. The molecule has 1 aliphatic rings. The molecule has 1 atom stereocenters. The Morgan fingerprint density at radius 3 is 2.96 bits per heavy atom. The number of rotatable bonds is 6. The van der Waals surface area contributed by atoms with Crippen LogP contribution in [0.25, 0.3) is 0 Å². The molecular weight excluding hydrogens is 316 g/mol. The molecule has 6 nitrogen and oxygen atoms in total. The van der Waals surface area contributed by atoms with Gasteiger partial charge in [-0.25, -0.2) is 0 Å². The molecule has 0 spiro atoms. The van der Waals surface area contributed by atoms with Crippen LogP contribution >= 0.6 is 0 Å². The van der Waals surface area contributed by atoms with Crippen LogP contribution in [0.3, 0.4) is 0 Å². The highest BCUT2D eigenvalue weighted by molar-refractivity contribution is 5.78. The summed E-state index contributed by atoms with van der Waals surface area (Å²) in [6.07, 6.45) is 3.77. The van der Waals surface area contributed by atoms with E-state index in [-0.39, 0.29) is 12.0 Å². The summed E-state index contributed by atoms with van der Waals surface area (Å²) in [5.41, 5.74) is 2.41. The van der Waals surface area contributed by atoms with Gasteiger partial charge >= 0.3 is 0 Å². The lowest BCUT2D eigenvalue weighted by Crippen LogP contribution is -2.48. The van der Waals surface area contributed by atoms with Gasteiger partial charge in [0.15, 0.2) is 0 Å². The van der Waals surface area contributed by atoms with Gasteiger partial charge in [0.1, 0.15) is 0 Å². The van der Waals surface area contributed by atoms with Crippen molar-refractivity contribution in [2.45, 2.75) is 26.1 Å². The van der Waals surface area contributed by atoms with Gasteiger partial charge in [-0.2, -0.15) is 5.10 Å². The summed E-state index contributed by atoms with van der Waals surface area (Å²) in [7, 11) is 1.87. The molecule has 0 aliphatic carbocycles. The minimum atomic E-state index is 0.0723. The lowest BCUT2D eigenvalue weighted by Gasteiger charge is -2.33. The van der Waals surface area contributed by atoms with Crippen molar-refractivity contribution in [2.75, 3.05) is 33.3 Å². The van der Waals surface area contributed by atoms with E-state index in [1.54, 1.807) is 11.1 Å². The highest BCUT2D eigenvalue weighted by Gasteiger charge is 2.23. The zero-order chi connectivity index (χ0) is 17.6. The lowest BCUT2D eigenvalue weighted by atomic mass is 10.1. The average Bonchev–Trinajstić information content (AvgIpc) is 3.10. The SMILES string of the molecule is Cc1ccccc1CN(C)C(=O)CN1CCO[C@H](Cn2cccn2)C1. The number of morpholine rings is 1. The van der Waals surface area contributed by atoms with E-state index in [2.05, 4.69) is 29.1 Å². The second-order valence-electron chi connectivity index (χ2n) is 6.63. The molecular formula is C19H26N4O2. The van der Waals surface area contributed by atoms with Gasteiger partial charge in [-0.15, -0.1) is 0 Å². The fraction of sp³-hybridized carbons (Fsp3) is 0.474. The molecule has 0 saturated carbocycles. The Labute approximate surface area is 149 Å². The second-order valence-corrected chi connectivity index (χ2v) is 6.63. The molecule has 2 heterocycles. The van der Waals surface area contributed by atoms with Gasteiger partial charge in [0.2, 0.25) is 5.91 Å². The first-order valence-electron chi connectivity index (χ1n) is 8.71. The van der Waals surface area contributed by atoms with Gasteiger partial charge in [-0.1, -0.05) is 24.3 Å². The van der Waals surface area contributed by atoms with Gasteiger partial charge < -0.3 is 9.64 Å². The van der Waals surface area contributed by atoms with E-state index in [1.165, 1.54) is 11.1 Å². The summed E-state index contributed by atoms with van der Waals surface area (Å²) < 4.78 is 7.68. The molecule has 1 fully saturated rings. The number of aryl methyl sites for hydroxylation is 1. The van der Waals surface area contributed by atoms with E-state index >= 15 is 0 Å². The van der Waals surface area contributed by atoms with Gasteiger partial charge in [-0.05, 0) is 24.1 Å². The minimum absolute atomic E-state index is 0.0723. The van der Waals surface area contributed by atoms with Crippen molar-refractivity contribution in [3.8, 4) is 0 Å². The highest BCUT2D eigenvalue weighted by atomic mass is 16.5. The van der Waals surface area contributed by atoms with Crippen LogP contribution in [-0.2, 0) is 22.6 Å². The van der Waals surface area contributed by atoms with E-state index in [0.29, 0.717) is 19.7 Å². The van der Waals surface area contributed by atoms with E-state index in [0.717, 1.165) is 19.6 Å². The van der Waals surface area contributed by atoms with Crippen molar-refractivity contribution < 1.29 is 9.53 Å². The normalized spacial score (nSPS) is 18.2. The van der Waals surface area contributed by atoms with Gasteiger partial charge in [0, 0.05) is 39.1 Å². The highest BCUT2D eigenvalue weighted by Crippen LogP contribution is 2.11. The number of likely N-dealkylation sites (N-methyl/N-ethyl adjacent to an activating group) is 1. The average molecular weight is 342 g/mol. The van der Waals surface area contributed by atoms with Crippen molar-refractivity contribution >= 4 is 5.91 Å². The molecule has 1 aromatic heterocycles. The number of ether oxygens (including phenoxy) is 1. The number of hydrogen-bond donors (Lipinski definition) is 0. The van der Waals surface area contributed by atoms with Crippen LogP contribution in [0.5, 0.6) is 0 Å². The van der Waals surface area contributed by atoms with E-state index in [9.17, 15) is 4.79 Å². The smallest absolute Gasteiger partial charge is 0.236 e. The molecule has 25 heavy (non-hydrogen) atoms. The van der Waals surface area contributed by atoms with Gasteiger partial charge in [0.25, 0.3) is 0 Å². The molecule has 0 radical (unpaired) electrons. The molecule has 1 aliphatic heterocycles. The molecule has 6 heteroatoms. The molecule has 0 unspecified atom stereocenters. The summed E-state index contributed by atoms with van der Waals surface area (Å²) in [5, 5.41) is 4.22. The Morgan fingerprint density at radius 1 is 1.36 bits per heavy atom. The number of hydrogen-bond acceptors (Lipinski definition) is 4. The number of nitrogens with zero attached hydrogens (tertiary/aromatic N) is 4. The maximum absolute atomic E-state index is 12.6. The summed E-state index contributed by atoms with van der Waals surface area (Å²) in [6, 6.07) is 10.1. The van der Waals surface area contributed by atoms with E-state index in [4.69, 9.17) is 4.74 Å². The van der Waals surface area contributed by atoms with Crippen LogP contribution < -0.4 is 0 Å². The standard InChI is InChI=1S/C19H26N4O2/c1-16-6-3-4-7-17(16)12-21(2)19(24)15-22-10-11-25-18(13-22)14-23-9-5-8-20-23/h3-9,18H,10-15H2,1-2H3/t18-/m0/s1. The number of amides is 1. The maximum Gasteiger partial charge on any atom is 0.236 e. The Hall–Kier alpha value is -2.18. The zero-order valence-electron chi connectivity index (χ0n) is 15.0. The first-order valence-corrected chi connectivity index (χ1v) is 8.71. The second kappa shape index (κ2) is 8.27. The molecule has 1 saturated heterocycles. The van der Waals surface area contributed by atoms with Crippen LogP contribution in [0.15, 0.2) is 42.7 Å². The van der Waals surface area contributed by atoms with E-state index < -0.39 is 0 Å². The van der Waals surface area contributed by atoms with Gasteiger partial charge in [-0.3, -0.25) is 14.4 Å². The Kier molecular flexibility index (Phi) is 5.83. The summed E-state index contributed by atoms with van der Waals surface area (Å²) in [4.78, 5) is 16.6. The van der Waals surface area contributed by atoms with E-state index in [1.807, 2.05) is 36.1 Å². The lowest BCUT2D eigenvalue weighted by molar-refractivity contribution is -0.133. The first-order chi connectivity index (χ1) is 12.1. The molecule has 1 aromatic carbocycles. The number of benzene rings is 1. The molecule has 0 N–H and O–H groups in total. The predicted molar refractivity (Wildman–Crippen MR) is 96.1 cm³/mol.